The third-order valence-corrected chi connectivity index (χ3v) is 4.67. The van der Waals surface area contributed by atoms with Gasteiger partial charge in [-0.2, -0.15) is 0 Å². The molecule has 0 fully saturated rings. The van der Waals surface area contributed by atoms with E-state index in [4.69, 9.17) is 0 Å². The molecule has 6 nitrogen and oxygen atoms in total. The molecule has 0 bridgehead atoms. The number of thiazole rings is 1. The fourth-order valence-electron chi connectivity index (χ4n) is 2.48. The van der Waals surface area contributed by atoms with Gasteiger partial charge in [0.05, 0.1) is 16.3 Å². The average molecular weight is 353 g/mol. The van der Waals surface area contributed by atoms with Crippen LogP contribution in [-0.4, -0.2) is 27.9 Å². The van der Waals surface area contributed by atoms with Crippen LogP contribution in [0.4, 0.5) is 5.13 Å². The van der Waals surface area contributed by atoms with Gasteiger partial charge in [0.1, 0.15) is 5.82 Å². The van der Waals surface area contributed by atoms with Crippen LogP contribution in [0, 0.1) is 6.92 Å². The number of aryl methyl sites for hydroxylation is 1. The summed E-state index contributed by atoms with van der Waals surface area (Å²) < 4.78 is 0. The average Bonchev–Trinajstić information content (AvgIpc) is 3.09. The van der Waals surface area contributed by atoms with Gasteiger partial charge in [0.15, 0.2) is 5.13 Å². The van der Waals surface area contributed by atoms with Crippen molar-refractivity contribution in [2.24, 2.45) is 0 Å². The second-order valence-corrected chi connectivity index (χ2v) is 6.56. The van der Waals surface area contributed by atoms with E-state index in [0.717, 1.165) is 32.5 Å². The first-order valence-electron chi connectivity index (χ1n) is 7.89. The van der Waals surface area contributed by atoms with Gasteiger partial charge in [-0.3, -0.25) is 4.79 Å². The third-order valence-electron chi connectivity index (χ3n) is 3.63. The monoisotopic (exact) mass is 353 g/mol. The molecule has 7 heteroatoms. The lowest BCUT2D eigenvalue weighted by Gasteiger charge is -2.11. The van der Waals surface area contributed by atoms with Gasteiger partial charge in [-0.15, -0.1) is 0 Å². The van der Waals surface area contributed by atoms with E-state index in [9.17, 15) is 4.79 Å². The quantitative estimate of drug-likeness (QED) is 0.736. The van der Waals surface area contributed by atoms with Crippen molar-refractivity contribution in [3.63, 3.8) is 0 Å². The van der Waals surface area contributed by atoms with Gasteiger partial charge in [-0.1, -0.05) is 35.6 Å². The van der Waals surface area contributed by atoms with Crippen LogP contribution in [0.2, 0.25) is 0 Å². The Morgan fingerprint density at radius 2 is 1.96 bits per heavy atom. The van der Waals surface area contributed by atoms with Crippen LogP contribution in [0.5, 0.6) is 0 Å². The Morgan fingerprint density at radius 1 is 1.20 bits per heavy atom. The molecule has 0 spiro atoms. The zero-order chi connectivity index (χ0) is 17.8. The first kappa shape index (κ1) is 17.0. The van der Waals surface area contributed by atoms with E-state index < -0.39 is 0 Å². The Kier molecular flexibility index (Phi) is 5.04. The molecule has 1 aromatic carbocycles. The number of rotatable bonds is 5. The Bertz CT molecular complexity index is 906. The molecule has 0 atom stereocenters. The fraction of sp³-hybridized carbons (Fsp3) is 0.222. The van der Waals surface area contributed by atoms with Crippen molar-refractivity contribution in [2.45, 2.75) is 20.4 Å². The third kappa shape index (κ3) is 4.00. The largest absolute Gasteiger partial charge is 0.365 e. The zero-order valence-corrected chi connectivity index (χ0v) is 15.1. The normalized spacial score (nSPS) is 10.5. The van der Waals surface area contributed by atoms with Crippen LogP contribution in [-0.2, 0) is 11.3 Å². The van der Waals surface area contributed by atoms with Crippen molar-refractivity contribution in [2.75, 3.05) is 12.4 Å². The maximum absolute atomic E-state index is 11.2. The summed E-state index contributed by atoms with van der Waals surface area (Å²) in [5.74, 6) is 0.639. The molecule has 0 radical (unpaired) electrons. The molecular weight excluding hydrogens is 334 g/mol. The molecule has 2 heterocycles. The Morgan fingerprint density at radius 3 is 2.68 bits per heavy atom. The lowest BCUT2D eigenvalue weighted by Crippen LogP contribution is -2.19. The molecule has 0 aliphatic heterocycles. The van der Waals surface area contributed by atoms with E-state index in [1.165, 1.54) is 6.92 Å². The number of anilines is 1. The molecule has 3 rings (SSSR count). The number of carbonyl (C=O) groups is 1. The van der Waals surface area contributed by atoms with E-state index in [-0.39, 0.29) is 5.91 Å². The summed E-state index contributed by atoms with van der Waals surface area (Å²) in [6, 6.07) is 9.89. The van der Waals surface area contributed by atoms with Crippen molar-refractivity contribution < 1.29 is 4.79 Å². The summed E-state index contributed by atoms with van der Waals surface area (Å²) in [5, 5.41) is 6.73. The minimum Gasteiger partial charge on any atom is -0.365 e. The summed E-state index contributed by atoms with van der Waals surface area (Å²) in [6.07, 6.45) is 1.81. The van der Waals surface area contributed by atoms with Crippen molar-refractivity contribution in [3.05, 3.63) is 47.9 Å². The Labute approximate surface area is 150 Å². The summed E-state index contributed by atoms with van der Waals surface area (Å²) in [4.78, 5) is 25.7. The fourth-order valence-corrected chi connectivity index (χ4v) is 3.21. The number of benzene rings is 1. The topological polar surface area (TPSA) is 79.8 Å². The molecule has 25 heavy (non-hydrogen) atoms. The van der Waals surface area contributed by atoms with Crippen LogP contribution in [0.3, 0.4) is 0 Å². The standard InChI is InChI=1S/C18H19N5OS/c1-11-22-15(8-16(23-11)17-10-21-18(19-3)25-17)14-7-5-4-6-13(14)9-20-12(2)24/h4-8,10H,9H2,1-3H3,(H,19,21)(H,20,24). The molecule has 0 aliphatic rings. The summed E-state index contributed by atoms with van der Waals surface area (Å²) in [6.45, 7) is 3.86. The van der Waals surface area contributed by atoms with Crippen molar-refractivity contribution in [1.29, 1.82) is 0 Å². The van der Waals surface area contributed by atoms with Gasteiger partial charge >= 0.3 is 0 Å². The van der Waals surface area contributed by atoms with E-state index >= 15 is 0 Å². The highest BCUT2D eigenvalue weighted by molar-refractivity contribution is 7.18. The highest BCUT2D eigenvalue weighted by Crippen LogP contribution is 2.30. The molecule has 128 valence electrons. The number of nitrogens with one attached hydrogen (secondary N) is 2. The molecule has 0 unspecified atom stereocenters. The van der Waals surface area contributed by atoms with Crippen LogP contribution in [0.15, 0.2) is 36.5 Å². The molecule has 0 saturated heterocycles. The maximum Gasteiger partial charge on any atom is 0.217 e. The SMILES string of the molecule is CNc1ncc(-c2cc(-c3ccccc3CNC(C)=O)nc(C)n2)s1. The van der Waals surface area contributed by atoms with Crippen molar-refractivity contribution in [3.8, 4) is 21.8 Å². The summed E-state index contributed by atoms with van der Waals surface area (Å²) in [5.41, 5.74) is 3.68. The second-order valence-electron chi connectivity index (χ2n) is 5.53. The molecule has 2 N–H and O–H groups in total. The highest BCUT2D eigenvalue weighted by atomic mass is 32.1. The second kappa shape index (κ2) is 7.40. The van der Waals surface area contributed by atoms with Gasteiger partial charge in [-0.05, 0) is 18.6 Å². The smallest absolute Gasteiger partial charge is 0.217 e. The van der Waals surface area contributed by atoms with E-state index in [1.54, 1.807) is 11.3 Å². The number of nitrogens with zero attached hydrogens (tertiary/aromatic N) is 3. The molecule has 2 aromatic heterocycles. The number of carbonyl (C=O) groups excluding carboxylic acids is 1. The van der Waals surface area contributed by atoms with Gasteiger partial charge in [0.25, 0.3) is 0 Å². The van der Waals surface area contributed by atoms with Crippen LogP contribution >= 0.6 is 11.3 Å². The van der Waals surface area contributed by atoms with Crippen molar-refractivity contribution in [1.82, 2.24) is 20.3 Å². The number of aromatic nitrogens is 3. The van der Waals surface area contributed by atoms with Crippen LogP contribution in [0.25, 0.3) is 21.8 Å². The molecule has 0 saturated carbocycles. The molecule has 0 aliphatic carbocycles. The van der Waals surface area contributed by atoms with Gasteiger partial charge in [0, 0.05) is 32.3 Å². The molecule has 3 aromatic rings. The first-order valence-corrected chi connectivity index (χ1v) is 8.71. The van der Waals surface area contributed by atoms with Crippen LogP contribution in [0.1, 0.15) is 18.3 Å². The van der Waals surface area contributed by atoms with E-state index in [2.05, 4.69) is 25.6 Å². The minimum absolute atomic E-state index is 0.0568. The summed E-state index contributed by atoms with van der Waals surface area (Å²) in [7, 11) is 1.84. The Balaban J connectivity index is 2.02. The predicted octanol–water partition coefficient (Wildman–Crippen LogP) is 3.25. The molecule has 1 amide bonds. The predicted molar refractivity (Wildman–Crippen MR) is 100 cm³/mol. The zero-order valence-electron chi connectivity index (χ0n) is 14.3. The van der Waals surface area contributed by atoms with Crippen molar-refractivity contribution >= 4 is 22.4 Å². The lowest BCUT2D eigenvalue weighted by atomic mass is 10.0. The van der Waals surface area contributed by atoms with Crippen LogP contribution < -0.4 is 10.6 Å². The summed E-state index contributed by atoms with van der Waals surface area (Å²) >= 11 is 1.55. The van der Waals surface area contributed by atoms with Gasteiger partial charge < -0.3 is 10.6 Å². The lowest BCUT2D eigenvalue weighted by molar-refractivity contribution is -0.119. The highest BCUT2D eigenvalue weighted by Gasteiger charge is 2.12. The van der Waals surface area contributed by atoms with Gasteiger partial charge in [0.2, 0.25) is 5.91 Å². The van der Waals surface area contributed by atoms with E-state index in [0.29, 0.717) is 12.4 Å². The minimum atomic E-state index is -0.0568. The number of amides is 1. The number of hydrogen-bond donors (Lipinski definition) is 2. The van der Waals surface area contributed by atoms with Gasteiger partial charge in [-0.25, -0.2) is 15.0 Å². The Hall–Kier alpha value is -2.80. The molecular formula is C18H19N5OS. The maximum atomic E-state index is 11.2. The first-order chi connectivity index (χ1) is 12.1. The van der Waals surface area contributed by atoms with E-state index in [1.807, 2.05) is 50.5 Å². The number of hydrogen-bond acceptors (Lipinski definition) is 6.